The monoisotopic (exact) mass is 294 g/mol. The highest BCUT2D eigenvalue weighted by molar-refractivity contribution is 5.96. The lowest BCUT2D eigenvalue weighted by atomic mass is 10.2. The first-order chi connectivity index (χ1) is 10.8. The summed E-state index contributed by atoms with van der Waals surface area (Å²) in [5, 5.41) is 8.75. The van der Waals surface area contributed by atoms with Crippen molar-refractivity contribution in [2.24, 2.45) is 0 Å². The van der Waals surface area contributed by atoms with Crippen molar-refractivity contribution in [2.75, 3.05) is 24.7 Å². The molecular weight excluding hydrogens is 280 g/mol. The number of rotatable bonds is 3. The molecule has 110 valence electrons. The van der Waals surface area contributed by atoms with E-state index in [4.69, 9.17) is 14.7 Å². The molecule has 0 unspecified atom stereocenters. The fourth-order valence-corrected chi connectivity index (χ4v) is 2.28. The van der Waals surface area contributed by atoms with Gasteiger partial charge in [0, 0.05) is 0 Å². The number of para-hydroxylation sites is 2. The Morgan fingerprint density at radius 2 is 2.00 bits per heavy atom. The number of amides is 1. The van der Waals surface area contributed by atoms with Gasteiger partial charge >= 0.3 is 0 Å². The summed E-state index contributed by atoms with van der Waals surface area (Å²) in [5.74, 6) is 1.15. The maximum Gasteiger partial charge on any atom is 0.265 e. The number of carbonyl (C=O) groups excluding carboxylic acids is 1. The molecule has 22 heavy (non-hydrogen) atoms. The molecule has 0 atom stereocenters. The highest BCUT2D eigenvalue weighted by Crippen LogP contribution is 2.30. The second kappa shape index (κ2) is 6.19. The summed E-state index contributed by atoms with van der Waals surface area (Å²) >= 11 is 0. The van der Waals surface area contributed by atoms with Gasteiger partial charge in [0.15, 0.2) is 6.61 Å². The number of benzene rings is 2. The molecule has 0 aliphatic carbocycles. The van der Waals surface area contributed by atoms with Crippen LogP contribution in [0.3, 0.4) is 0 Å². The van der Waals surface area contributed by atoms with E-state index in [0.717, 1.165) is 5.69 Å². The van der Waals surface area contributed by atoms with Gasteiger partial charge in [-0.2, -0.15) is 5.26 Å². The topological polar surface area (TPSA) is 62.6 Å². The number of fused-ring (bicyclic) bond motifs is 1. The van der Waals surface area contributed by atoms with Gasteiger partial charge in [-0.15, -0.1) is 0 Å². The van der Waals surface area contributed by atoms with Crippen LogP contribution < -0.4 is 14.4 Å². The van der Waals surface area contributed by atoms with Crippen molar-refractivity contribution in [3.63, 3.8) is 0 Å². The summed E-state index contributed by atoms with van der Waals surface area (Å²) in [6.07, 6.45) is 0. The van der Waals surface area contributed by atoms with E-state index in [1.165, 1.54) is 0 Å². The Bertz CT molecular complexity index is 719. The van der Waals surface area contributed by atoms with Crippen molar-refractivity contribution in [3.8, 4) is 17.6 Å². The van der Waals surface area contributed by atoms with Gasteiger partial charge in [0.25, 0.3) is 5.91 Å². The molecule has 1 amide bonds. The van der Waals surface area contributed by atoms with Crippen LogP contribution in [0, 0.1) is 11.3 Å². The van der Waals surface area contributed by atoms with Crippen molar-refractivity contribution in [1.82, 2.24) is 0 Å². The van der Waals surface area contributed by atoms with E-state index >= 15 is 0 Å². The third-order valence-corrected chi connectivity index (χ3v) is 3.38. The summed E-state index contributed by atoms with van der Waals surface area (Å²) in [4.78, 5) is 14.0. The summed E-state index contributed by atoms with van der Waals surface area (Å²) in [7, 11) is 0. The van der Waals surface area contributed by atoms with E-state index in [1.54, 1.807) is 29.2 Å². The van der Waals surface area contributed by atoms with Crippen LogP contribution in [0.5, 0.6) is 11.5 Å². The number of anilines is 1. The van der Waals surface area contributed by atoms with Gasteiger partial charge in [0.1, 0.15) is 18.1 Å². The van der Waals surface area contributed by atoms with E-state index in [0.29, 0.717) is 30.2 Å². The average Bonchev–Trinajstić information content (AvgIpc) is 2.59. The van der Waals surface area contributed by atoms with E-state index in [1.807, 2.05) is 30.3 Å². The first-order valence-corrected chi connectivity index (χ1v) is 6.93. The standard InChI is InChI=1S/C17H14N2O3/c18-11-13-5-7-14(8-6-13)22-12-17(20)19-9-10-21-16-4-2-1-3-15(16)19/h1-8H,9-10,12H2. The van der Waals surface area contributed by atoms with Crippen molar-refractivity contribution in [2.45, 2.75) is 0 Å². The zero-order valence-corrected chi connectivity index (χ0v) is 11.9. The molecule has 1 aliphatic heterocycles. The summed E-state index contributed by atoms with van der Waals surface area (Å²) < 4.78 is 11.0. The molecule has 5 heteroatoms. The first kappa shape index (κ1) is 14.0. The number of hydrogen-bond acceptors (Lipinski definition) is 4. The normalized spacial score (nSPS) is 12.8. The highest BCUT2D eigenvalue weighted by Gasteiger charge is 2.23. The third kappa shape index (κ3) is 2.86. The second-order valence-electron chi connectivity index (χ2n) is 4.79. The fraction of sp³-hybridized carbons (Fsp3) is 0.176. The number of nitrogens with zero attached hydrogens (tertiary/aromatic N) is 2. The molecule has 0 radical (unpaired) electrons. The quantitative estimate of drug-likeness (QED) is 0.872. The predicted molar refractivity (Wildman–Crippen MR) is 80.9 cm³/mol. The van der Waals surface area contributed by atoms with Crippen molar-refractivity contribution < 1.29 is 14.3 Å². The molecule has 0 N–H and O–H groups in total. The summed E-state index contributed by atoms with van der Waals surface area (Å²) in [6, 6.07) is 16.2. The Balaban J connectivity index is 1.66. The van der Waals surface area contributed by atoms with Crippen LogP contribution in [0.15, 0.2) is 48.5 Å². The van der Waals surface area contributed by atoms with Gasteiger partial charge in [-0.1, -0.05) is 12.1 Å². The maximum absolute atomic E-state index is 12.4. The van der Waals surface area contributed by atoms with E-state index in [2.05, 4.69) is 0 Å². The number of nitriles is 1. The summed E-state index contributed by atoms with van der Waals surface area (Å²) in [6.45, 7) is 0.923. The molecule has 2 aromatic carbocycles. The molecule has 2 aromatic rings. The van der Waals surface area contributed by atoms with Gasteiger partial charge < -0.3 is 14.4 Å². The van der Waals surface area contributed by atoms with Crippen molar-refractivity contribution in [3.05, 3.63) is 54.1 Å². The molecule has 3 rings (SSSR count). The van der Waals surface area contributed by atoms with Crippen molar-refractivity contribution in [1.29, 1.82) is 5.26 Å². The molecule has 0 saturated heterocycles. The van der Waals surface area contributed by atoms with Crippen molar-refractivity contribution >= 4 is 11.6 Å². The highest BCUT2D eigenvalue weighted by atomic mass is 16.5. The molecule has 5 nitrogen and oxygen atoms in total. The minimum Gasteiger partial charge on any atom is -0.490 e. The molecule has 0 spiro atoms. The van der Waals surface area contributed by atoms with E-state index in [-0.39, 0.29) is 12.5 Å². The van der Waals surface area contributed by atoms with Gasteiger partial charge in [-0.3, -0.25) is 4.79 Å². The molecule has 1 heterocycles. The molecule has 1 aliphatic rings. The number of carbonyl (C=O) groups is 1. The van der Waals surface area contributed by atoms with Crippen LogP contribution in [-0.4, -0.2) is 25.7 Å². The molecule has 0 fully saturated rings. The lowest BCUT2D eigenvalue weighted by molar-refractivity contribution is -0.120. The van der Waals surface area contributed by atoms with Gasteiger partial charge in [-0.25, -0.2) is 0 Å². The Kier molecular flexibility index (Phi) is 3.92. The zero-order chi connectivity index (χ0) is 15.4. The number of hydrogen-bond donors (Lipinski definition) is 0. The SMILES string of the molecule is N#Cc1ccc(OCC(=O)N2CCOc3ccccc32)cc1. The minimum atomic E-state index is -0.125. The van der Waals surface area contributed by atoms with Crippen LogP contribution in [0.4, 0.5) is 5.69 Å². The smallest absolute Gasteiger partial charge is 0.265 e. The Morgan fingerprint density at radius 3 is 2.77 bits per heavy atom. The third-order valence-electron chi connectivity index (χ3n) is 3.38. The van der Waals surface area contributed by atoms with Crippen LogP contribution in [-0.2, 0) is 4.79 Å². The molecule has 0 saturated carbocycles. The maximum atomic E-state index is 12.4. The molecule has 0 bridgehead atoms. The second-order valence-corrected chi connectivity index (χ2v) is 4.79. The first-order valence-electron chi connectivity index (χ1n) is 6.93. The van der Waals surface area contributed by atoms with Crippen LogP contribution in [0.1, 0.15) is 5.56 Å². The minimum absolute atomic E-state index is 0.0553. The Morgan fingerprint density at radius 1 is 1.23 bits per heavy atom. The van der Waals surface area contributed by atoms with Crippen LogP contribution >= 0.6 is 0 Å². The summed E-state index contributed by atoms with van der Waals surface area (Å²) in [5.41, 5.74) is 1.32. The molecule has 0 aromatic heterocycles. The molecular formula is C17H14N2O3. The number of ether oxygens (including phenoxy) is 2. The van der Waals surface area contributed by atoms with Gasteiger partial charge in [-0.05, 0) is 36.4 Å². The lowest BCUT2D eigenvalue weighted by Gasteiger charge is -2.29. The lowest BCUT2D eigenvalue weighted by Crippen LogP contribution is -2.40. The van der Waals surface area contributed by atoms with E-state index in [9.17, 15) is 4.79 Å². The Labute approximate surface area is 128 Å². The van der Waals surface area contributed by atoms with Gasteiger partial charge in [0.2, 0.25) is 0 Å². The van der Waals surface area contributed by atoms with E-state index < -0.39 is 0 Å². The Hall–Kier alpha value is -3.00. The van der Waals surface area contributed by atoms with Gasteiger partial charge in [0.05, 0.1) is 23.9 Å². The predicted octanol–water partition coefficient (Wildman–Crippen LogP) is 2.36. The largest absolute Gasteiger partial charge is 0.490 e. The fourth-order valence-electron chi connectivity index (χ4n) is 2.28. The average molecular weight is 294 g/mol. The van der Waals surface area contributed by atoms with Crippen LogP contribution in [0.2, 0.25) is 0 Å². The zero-order valence-electron chi connectivity index (χ0n) is 11.9. The van der Waals surface area contributed by atoms with Crippen LogP contribution in [0.25, 0.3) is 0 Å².